The molecular weight excluding hydrogens is 238 g/mol. The Hall–Kier alpha value is -0.770. The minimum atomic E-state index is -0.523. The predicted octanol–water partition coefficient (Wildman–Crippen LogP) is 0.420. The van der Waals surface area contributed by atoms with Crippen LogP contribution in [0.15, 0.2) is 4.99 Å². The Labute approximate surface area is 113 Å². The molecule has 19 heavy (non-hydrogen) atoms. The topological polar surface area (TPSA) is 70.6 Å². The zero-order valence-corrected chi connectivity index (χ0v) is 11.4. The smallest absolute Gasteiger partial charge is 0.188 e. The van der Waals surface area contributed by atoms with Crippen LogP contribution in [-0.4, -0.2) is 29.8 Å². The maximum absolute atomic E-state index is 11.3. The number of hydrogen-bond acceptors (Lipinski definition) is 2. The van der Waals surface area contributed by atoms with Gasteiger partial charge in [-0.2, -0.15) is 0 Å². The molecule has 5 rings (SSSR count). The fourth-order valence-corrected chi connectivity index (χ4v) is 7.38. The molecule has 0 heterocycles. The first kappa shape index (κ1) is 11.0. The van der Waals surface area contributed by atoms with Gasteiger partial charge in [-0.25, -0.2) is 0 Å². The highest BCUT2D eigenvalue weighted by Crippen LogP contribution is 2.85. The van der Waals surface area contributed by atoms with Gasteiger partial charge in [0.1, 0.15) is 0 Å². The zero-order chi connectivity index (χ0) is 12.9. The molecule has 0 amide bonds. The normalized spacial score (nSPS) is 62.9. The van der Waals surface area contributed by atoms with E-state index >= 15 is 0 Å². The quantitative estimate of drug-likeness (QED) is 0.509. The van der Waals surface area contributed by atoms with Crippen LogP contribution in [0.5, 0.6) is 0 Å². The molecule has 0 radical (unpaired) electrons. The van der Waals surface area contributed by atoms with Crippen LogP contribution < -0.4 is 11.1 Å². The van der Waals surface area contributed by atoms with Gasteiger partial charge in [-0.1, -0.05) is 0 Å². The van der Waals surface area contributed by atoms with Gasteiger partial charge in [0.05, 0.1) is 12.1 Å². The van der Waals surface area contributed by atoms with Gasteiger partial charge in [0, 0.05) is 6.54 Å². The molecule has 4 N–H and O–H groups in total. The Balaban J connectivity index is 1.47. The second-order valence-corrected chi connectivity index (χ2v) is 7.56. The van der Waals surface area contributed by atoms with Crippen molar-refractivity contribution in [1.82, 2.24) is 5.32 Å². The van der Waals surface area contributed by atoms with E-state index in [1.165, 1.54) is 12.8 Å². The van der Waals surface area contributed by atoms with Crippen molar-refractivity contribution in [3.05, 3.63) is 0 Å². The molecule has 5 saturated carbocycles. The Kier molecular flexibility index (Phi) is 1.79. The molecule has 0 aromatic rings. The van der Waals surface area contributed by atoms with E-state index in [1.54, 1.807) is 0 Å². The molecule has 5 fully saturated rings. The fraction of sp³-hybridized carbons (Fsp3) is 0.933. The Morgan fingerprint density at radius 3 is 2.74 bits per heavy atom. The van der Waals surface area contributed by atoms with E-state index < -0.39 is 5.60 Å². The van der Waals surface area contributed by atoms with E-state index in [4.69, 9.17) is 5.73 Å². The number of guanidine groups is 1. The van der Waals surface area contributed by atoms with Gasteiger partial charge in [-0.3, -0.25) is 4.99 Å². The number of nitrogens with two attached hydrogens (primary N) is 1. The molecule has 0 aromatic heterocycles. The van der Waals surface area contributed by atoms with Crippen LogP contribution in [0.4, 0.5) is 0 Å². The standard InChI is InChI=1S/C15H23N3O/c1-2-17-14(16)18-5-15(19)12-7-4-8-10-6(7)3-9(12)11(10)13(8)15/h6-13,19H,2-5H2,1H3,(H3,16,17,18). The van der Waals surface area contributed by atoms with Crippen molar-refractivity contribution in [3.8, 4) is 0 Å². The van der Waals surface area contributed by atoms with E-state index in [9.17, 15) is 5.11 Å². The van der Waals surface area contributed by atoms with E-state index in [-0.39, 0.29) is 0 Å². The first-order chi connectivity index (χ1) is 9.16. The number of fused-ring (bicyclic) bond motifs is 2. The molecule has 104 valence electrons. The lowest BCUT2D eigenvalue weighted by Crippen LogP contribution is -2.56. The minimum absolute atomic E-state index is 0.495. The number of aliphatic hydroxyl groups is 1. The van der Waals surface area contributed by atoms with Crippen LogP contribution in [0.3, 0.4) is 0 Å². The van der Waals surface area contributed by atoms with Gasteiger partial charge in [0.15, 0.2) is 5.96 Å². The highest BCUT2D eigenvalue weighted by atomic mass is 16.3. The zero-order valence-electron chi connectivity index (χ0n) is 11.4. The number of nitrogens with zero attached hydrogens (tertiary/aromatic N) is 1. The summed E-state index contributed by atoms with van der Waals surface area (Å²) in [5.41, 5.74) is 5.31. The molecule has 2 bridgehead atoms. The van der Waals surface area contributed by atoms with Gasteiger partial charge in [-0.15, -0.1) is 0 Å². The van der Waals surface area contributed by atoms with Gasteiger partial charge in [0.25, 0.3) is 0 Å². The molecule has 0 aromatic carbocycles. The number of rotatable bonds is 3. The molecule has 0 saturated heterocycles. The lowest BCUT2D eigenvalue weighted by Gasteiger charge is -2.51. The van der Waals surface area contributed by atoms with Crippen LogP contribution in [0, 0.1) is 47.3 Å². The van der Waals surface area contributed by atoms with Crippen molar-refractivity contribution in [2.45, 2.75) is 25.4 Å². The Morgan fingerprint density at radius 1 is 1.21 bits per heavy atom. The summed E-state index contributed by atoms with van der Waals surface area (Å²) in [6.07, 6.45) is 2.82. The maximum Gasteiger partial charge on any atom is 0.188 e. The Bertz CT molecular complexity index is 472. The van der Waals surface area contributed by atoms with Crippen LogP contribution in [0.1, 0.15) is 19.8 Å². The maximum atomic E-state index is 11.3. The lowest BCUT2D eigenvalue weighted by atomic mass is 9.56. The molecule has 5 aliphatic carbocycles. The number of aliphatic imine (C=N–C) groups is 1. The van der Waals surface area contributed by atoms with Crippen LogP contribution in [0.2, 0.25) is 0 Å². The van der Waals surface area contributed by atoms with Crippen molar-refractivity contribution >= 4 is 5.96 Å². The molecule has 9 unspecified atom stereocenters. The van der Waals surface area contributed by atoms with Crippen LogP contribution in [0.25, 0.3) is 0 Å². The number of hydrogen-bond donors (Lipinski definition) is 3. The summed E-state index contributed by atoms with van der Waals surface area (Å²) in [5, 5.41) is 14.3. The van der Waals surface area contributed by atoms with Crippen molar-refractivity contribution in [1.29, 1.82) is 0 Å². The fourth-order valence-electron chi connectivity index (χ4n) is 7.38. The highest BCUT2D eigenvalue weighted by molar-refractivity contribution is 5.77. The van der Waals surface area contributed by atoms with Crippen LogP contribution in [-0.2, 0) is 0 Å². The third kappa shape index (κ3) is 0.969. The van der Waals surface area contributed by atoms with Gasteiger partial charge in [0.2, 0.25) is 0 Å². The van der Waals surface area contributed by atoms with E-state index in [0.29, 0.717) is 24.3 Å². The second kappa shape index (κ2) is 3.11. The Morgan fingerprint density at radius 2 is 1.95 bits per heavy atom. The van der Waals surface area contributed by atoms with Crippen molar-refractivity contribution in [2.24, 2.45) is 58.1 Å². The minimum Gasteiger partial charge on any atom is -0.387 e. The molecule has 0 spiro atoms. The average molecular weight is 261 g/mol. The summed E-state index contributed by atoms with van der Waals surface area (Å²) < 4.78 is 0. The third-order valence-corrected chi connectivity index (χ3v) is 7.38. The highest BCUT2D eigenvalue weighted by Gasteiger charge is 2.84. The summed E-state index contributed by atoms with van der Waals surface area (Å²) in [7, 11) is 0. The second-order valence-electron chi connectivity index (χ2n) is 7.56. The van der Waals surface area contributed by atoms with E-state index in [2.05, 4.69) is 10.3 Å². The van der Waals surface area contributed by atoms with E-state index in [1.807, 2.05) is 6.92 Å². The molecular formula is C15H23N3O. The van der Waals surface area contributed by atoms with Gasteiger partial charge >= 0.3 is 0 Å². The van der Waals surface area contributed by atoms with Gasteiger partial charge < -0.3 is 16.2 Å². The summed E-state index contributed by atoms with van der Waals surface area (Å²) in [6, 6.07) is 0. The monoisotopic (exact) mass is 261 g/mol. The SMILES string of the molecule is CCNC(N)=NCC1(O)C2C3CC4C5C3CC2C5C41. The molecule has 5 aliphatic rings. The predicted molar refractivity (Wildman–Crippen MR) is 72.3 cm³/mol. The molecule has 0 aliphatic heterocycles. The van der Waals surface area contributed by atoms with Crippen molar-refractivity contribution in [3.63, 3.8) is 0 Å². The first-order valence-corrected chi connectivity index (χ1v) is 7.93. The van der Waals surface area contributed by atoms with Crippen LogP contribution >= 0.6 is 0 Å². The molecule has 4 heteroatoms. The number of nitrogens with one attached hydrogen (secondary N) is 1. The molecule has 9 atom stereocenters. The third-order valence-electron chi connectivity index (χ3n) is 7.38. The lowest BCUT2D eigenvalue weighted by molar-refractivity contribution is -0.123. The van der Waals surface area contributed by atoms with Gasteiger partial charge in [-0.05, 0) is 67.1 Å². The van der Waals surface area contributed by atoms with Crippen molar-refractivity contribution < 1.29 is 5.11 Å². The summed E-state index contributed by atoms with van der Waals surface area (Å²) in [5.74, 6) is 6.85. The summed E-state index contributed by atoms with van der Waals surface area (Å²) in [6.45, 7) is 3.34. The average Bonchev–Trinajstić information content (AvgIpc) is 2.86. The largest absolute Gasteiger partial charge is 0.387 e. The van der Waals surface area contributed by atoms with Crippen molar-refractivity contribution in [2.75, 3.05) is 13.1 Å². The summed E-state index contributed by atoms with van der Waals surface area (Å²) >= 11 is 0. The molecule has 4 nitrogen and oxygen atoms in total. The first-order valence-electron chi connectivity index (χ1n) is 7.93. The summed E-state index contributed by atoms with van der Waals surface area (Å²) in [4.78, 5) is 4.44. The van der Waals surface area contributed by atoms with E-state index in [0.717, 1.165) is 42.1 Å².